The lowest BCUT2D eigenvalue weighted by atomic mass is 10.7. The summed E-state index contributed by atoms with van der Waals surface area (Å²) in [6.07, 6.45) is 0. The molecule has 0 unspecified atom stereocenters. The minimum atomic E-state index is -0.562. The molecule has 0 aliphatic heterocycles. The van der Waals surface area contributed by atoms with Crippen LogP contribution in [0.3, 0.4) is 0 Å². The van der Waals surface area contributed by atoms with Crippen molar-refractivity contribution in [2.45, 2.75) is 13.8 Å². The van der Waals surface area contributed by atoms with Crippen LogP contribution >= 0.6 is 25.3 Å². The molecule has 5 heteroatoms. The maximum absolute atomic E-state index is 9.81. The predicted octanol–water partition coefficient (Wildman–Crippen LogP) is 0.942. The van der Waals surface area contributed by atoms with Crippen LogP contribution in [0.1, 0.15) is 13.8 Å². The third-order valence-electron chi connectivity index (χ3n) is 0.387. The second-order valence-electron chi connectivity index (χ2n) is 1.53. The number of rotatable bonds is 1. The molecule has 0 radical (unpaired) electrons. The minimum Gasteiger partial charge on any atom is -0.394 e. The van der Waals surface area contributed by atoms with Gasteiger partial charge in [0.05, 0.1) is 0 Å². The highest BCUT2D eigenvalue weighted by Crippen LogP contribution is 1.74. The van der Waals surface area contributed by atoms with E-state index >= 15 is 0 Å². The second kappa shape index (κ2) is 9.84. The van der Waals surface area contributed by atoms with Crippen molar-refractivity contribution < 1.29 is 14.3 Å². The van der Waals surface area contributed by atoms with Crippen molar-refractivity contribution in [2.24, 2.45) is 0 Å². The SMILES string of the molecule is CC(=O)OC(C)=O.SCCS. The van der Waals surface area contributed by atoms with Crippen LogP contribution in [0.15, 0.2) is 0 Å². The van der Waals surface area contributed by atoms with E-state index in [1.54, 1.807) is 0 Å². The Kier molecular flexibility index (Phi) is 12.0. The monoisotopic (exact) mass is 196 g/mol. The maximum atomic E-state index is 9.81. The van der Waals surface area contributed by atoms with Crippen molar-refractivity contribution >= 4 is 37.2 Å². The third-order valence-corrected chi connectivity index (χ3v) is 1.19. The molecule has 0 atom stereocenters. The fraction of sp³-hybridized carbons (Fsp3) is 0.667. The van der Waals surface area contributed by atoms with E-state index in [1.165, 1.54) is 13.8 Å². The zero-order valence-corrected chi connectivity index (χ0v) is 8.32. The lowest BCUT2D eigenvalue weighted by Crippen LogP contribution is -2.03. The number of hydrogen-bond acceptors (Lipinski definition) is 5. The van der Waals surface area contributed by atoms with Gasteiger partial charge < -0.3 is 4.74 Å². The fourth-order valence-corrected chi connectivity index (χ4v) is 0.202. The van der Waals surface area contributed by atoms with Crippen LogP contribution < -0.4 is 0 Å². The smallest absolute Gasteiger partial charge is 0.310 e. The first kappa shape index (κ1) is 13.4. The van der Waals surface area contributed by atoms with E-state index in [0.717, 1.165) is 11.5 Å². The Morgan fingerprint density at radius 2 is 1.36 bits per heavy atom. The van der Waals surface area contributed by atoms with Crippen molar-refractivity contribution in [3.8, 4) is 0 Å². The van der Waals surface area contributed by atoms with E-state index in [4.69, 9.17) is 0 Å². The Morgan fingerprint density at radius 3 is 1.36 bits per heavy atom. The molecule has 0 spiro atoms. The van der Waals surface area contributed by atoms with Gasteiger partial charge in [-0.15, -0.1) is 0 Å². The Labute approximate surface area is 77.3 Å². The molecule has 0 saturated carbocycles. The van der Waals surface area contributed by atoms with E-state index in [9.17, 15) is 9.59 Å². The first-order chi connectivity index (χ1) is 5.04. The van der Waals surface area contributed by atoms with Crippen molar-refractivity contribution in [2.75, 3.05) is 11.5 Å². The van der Waals surface area contributed by atoms with Crippen molar-refractivity contribution in [1.29, 1.82) is 0 Å². The molecule has 3 nitrogen and oxygen atoms in total. The predicted molar refractivity (Wildman–Crippen MR) is 50.2 cm³/mol. The van der Waals surface area contributed by atoms with Crippen LogP contribution in [0.25, 0.3) is 0 Å². The van der Waals surface area contributed by atoms with Crippen molar-refractivity contribution in [3.63, 3.8) is 0 Å². The summed E-state index contributed by atoms with van der Waals surface area (Å²) in [4.78, 5) is 19.6. The van der Waals surface area contributed by atoms with Gasteiger partial charge in [-0.2, -0.15) is 25.3 Å². The Balaban J connectivity index is 0. The number of hydrogen-bond donors (Lipinski definition) is 2. The molecule has 0 fully saturated rings. The van der Waals surface area contributed by atoms with E-state index in [-0.39, 0.29) is 0 Å². The molecule has 0 aliphatic rings. The minimum absolute atomic E-state index is 0.562. The summed E-state index contributed by atoms with van der Waals surface area (Å²) in [6, 6.07) is 0. The van der Waals surface area contributed by atoms with Gasteiger partial charge in [0.25, 0.3) is 0 Å². The van der Waals surface area contributed by atoms with Crippen LogP contribution in [0.2, 0.25) is 0 Å². The summed E-state index contributed by atoms with van der Waals surface area (Å²) in [6.45, 7) is 2.36. The van der Waals surface area contributed by atoms with E-state index < -0.39 is 11.9 Å². The number of thiol groups is 2. The largest absolute Gasteiger partial charge is 0.394 e. The standard InChI is InChI=1S/C4H6O3.C2H6S2/c1-3(5)7-4(2)6;3-1-2-4/h1-2H3;3-4H,1-2H2. The average molecular weight is 196 g/mol. The highest BCUT2D eigenvalue weighted by molar-refractivity contribution is 7.84. The van der Waals surface area contributed by atoms with Gasteiger partial charge in [0.15, 0.2) is 0 Å². The molecule has 0 aliphatic carbocycles. The fourth-order valence-electron chi connectivity index (χ4n) is 0.202. The molecule has 0 aromatic heterocycles. The molecular weight excluding hydrogens is 184 g/mol. The van der Waals surface area contributed by atoms with E-state index in [2.05, 4.69) is 30.0 Å². The lowest BCUT2D eigenvalue weighted by Gasteiger charge is -1.87. The number of ether oxygens (including phenoxy) is 1. The first-order valence-corrected chi connectivity index (χ1v) is 4.21. The van der Waals surface area contributed by atoms with Gasteiger partial charge in [0, 0.05) is 13.8 Å². The van der Waals surface area contributed by atoms with Crippen LogP contribution in [0.5, 0.6) is 0 Å². The molecule has 11 heavy (non-hydrogen) atoms. The van der Waals surface area contributed by atoms with Crippen LogP contribution in [0.4, 0.5) is 0 Å². The molecule has 0 heterocycles. The Morgan fingerprint density at radius 1 is 1.09 bits per heavy atom. The maximum Gasteiger partial charge on any atom is 0.310 e. The summed E-state index contributed by atoms with van der Waals surface area (Å²) < 4.78 is 3.97. The van der Waals surface area contributed by atoms with Gasteiger partial charge >= 0.3 is 11.9 Å². The Hall–Kier alpha value is -0.160. The molecule has 0 N–H and O–H groups in total. The normalized spacial score (nSPS) is 7.64. The van der Waals surface area contributed by atoms with Crippen molar-refractivity contribution in [3.05, 3.63) is 0 Å². The number of carbonyl (C=O) groups is 2. The summed E-state index contributed by atoms with van der Waals surface area (Å²) >= 11 is 7.69. The summed E-state index contributed by atoms with van der Waals surface area (Å²) in [5, 5.41) is 0. The van der Waals surface area contributed by atoms with Gasteiger partial charge in [-0.1, -0.05) is 0 Å². The van der Waals surface area contributed by atoms with Crippen LogP contribution in [-0.2, 0) is 14.3 Å². The van der Waals surface area contributed by atoms with Crippen LogP contribution in [0, 0.1) is 0 Å². The molecule has 66 valence electrons. The first-order valence-electron chi connectivity index (χ1n) is 2.95. The zero-order chi connectivity index (χ0) is 9.28. The highest BCUT2D eigenvalue weighted by Gasteiger charge is 1.93. The van der Waals surface area contributed by atoms with Gasteiger partial charge in [-0.05, 0) is 11.5 Å². The van der Waals surface area contributed by atoms with Gasteiger partial charge in [-0.3, -0.25) is 9.59 Å². The average Bonchev–Trinajstić information content (AvgIpc) is 1.85. The molecule has 0 rings (SSSR count). The molecular formula is C6H12O3S2. The van der Waals surface area contributed by atoms with Gasteiger partial charge in [0.2, 0.25) is 0 Å². The number of carbonyl (C=O) groups excluding carboxylic acids is 2. The quantitative estimate of drug-likeness (QED) is 0.373. The van der Waals surface area contributed by atoms with Crippen LogP contribution in [-0.4, -0.2) is 23.4 Å². The topological polar surface area (TPSA) is 43.4 Å². The summed E-state index contributed by atoms with van der Waals surface area (Å²) in [5.74, 6) is 0.631. The Bertz CT molecular complexity index is 111. The summed E-state index contributed by atoms with van der Waals surface area (Å²) in [7, 11) is 0. The molecule has 0 aromatic carbocycles. The lowest BCUT2D eigenvalue weighted by molar-refractivity contribution is -0.156. The highest BCUT2D eigenvalue weighted by atomic mass is 32.1. The zero-order valence-electron chi connectivity index (χ0n) is 6.53. The van der Waals surface area contributed by atoms with Crippen molar-refractivity contribution in [1.82, 2.24) is 0 Å². The molecule has 0 bridgehead atoms. The van der Waals surface area contributed by atoms with E-state index in [0.29, 0.717) is 0 Å². The van der Waals surface area contributed by atoms with E-state index in [1.807, 2.05) is 0 Å². The molecule has 0 aromatic rings. The van der Waals surface area contributed by atoms with Gasteiger partial charge in [-0.25, -0.2) is 0 Å². The number of esters is 2. The summed E-state index contributed by atoms with van der Waals surface area (Å²) in [5.41, 5.74) is 0. The van der Waals surface area contributed by atoms with Gasteiger partial charge in [0.1, 0.15) is 0 Å². The second-order valence-corrected chi connectivity index (χ2v) is 2.43. The molecule has 0 amide bonds. The third kappa shape index (κ3) is 25.8. The molecule has 0 saturated heterocycles.